The smallest absolute Gasteiger partial charge is 0.331 e. The second kappa shape index (κ2) is 21.2. The molecular weight excluding hydrogens is 755 g/mol. The van der Waals surface area contributed by atoms with Gasteiger partial charge in [-0.3, -0.25) is 0 Å². The molecule has 11 heteroatoms. The van der Waals surface area contributed by atoms with Gasteiger partial charge >= 0.3 is 23.9 Å². The molecule has 0 amide bonds. The fraction of sp³-hybridized carbons (Fsp3) is 0.511. The molecule has 1 aliphatic rings. The molecule has 2 aromatic carbocycles. The van der Waals surface area contributed by atoms with Crippen molar-refractivity contribution >= 4 is 35.3 Å². The minimum absolute atomic E-state index is 0. The van der Waals surface area contributed by atoms with Crippen LogP contribution in [0.5, 0.6) is 0 Å². The fourth-order valence-corrected chi connectivity index (χ4v) is 5.58. The van der Waals surface area contributed by atoms with Crippen LogP contribution in [0.15, 0.2) is 61.0 Å². The van der Waals surface area contributed by atoms with Gasteiger partial charge in [0.05, 0.1) is 6.67 Å². The van der Waals surface area contributed by atoms with Crippen molar-refractivity contribution in [3.8, 4) is 0 Å². The van der Waals surface area contributed by atoms with E-state index < -0.39 is 46.3 Å². The zero-order valence-electron chi connectivity index (χ0n) is 37.0. The number of nitrogens with zero attached hydrogens (tertiary/aromatic N) is 2. The van der Waals surface area contributed by atoms with E-state index in [4.69, 9.17) is 18.9 Å². The molecule has 0 fully saturated rings. The number of hydrogen-bond donors (Lipinski definition) is 0. The number of hydrogen-bond acceptors (Lipinski definition) is 10. The molecule has 0 aliphatic carbocycles. The second-order valence-corrected chi connectivity index (χ2v) is 17.7. The van der Waals surface area contributed by atoms with Gasteiger partial charge in [0.15, 0.2) is 0 Å². The standard InChI is InChI=1S/C21H26N2.2C12H20O4.Ni/c1-14-9-16(3)20(17(4)10-14)22-7-8-23(13-22)21-18(5)11-15(2)12-19(21)6;2*1-11(2,3)15-9(13)7-8-10(14)16-12(4,5)6;/h7-12H,13H2,1-6H3;2*7-8H,1-6H3;. The van der Waals surface area contributed by atoms with Crippen LogP contribution in [0.1, 0.15) is 116 Å². The molecule has 0 saturated carbocycles. The van der Waals surface area contributed by atoms with Crippen LogP contribution >= 0.6 is 0 Å². The van der Waals surface area contributed by atoms with Gasteiger partial charge in [0, 0.05) is 64.6 Å². The molecule has 0 atom stereocenters. The fourth-order valence-electron chi connectivity index (χ4n) is 5.58. The van der Waals surface area contributed by atoms with Crippen molar-refractivity contribution in [2.75, 3.05) is 16.5 Å². The molecule has 0 spiro atoms. The second-order valence-electron chi connectivity index (χ2n) is 17.7. The van der Waals surface area contributed by atoms with E-state index in [2.05, 4.69) is 88.0 Å². The molecule has 0 bridgehead atoms. The normalized spacial score (nSPS) is 13.0. The predicted octanol–water partition coefficient (Wildman–Crippen LogP) is 9.74. The Kier molecular flexibility index (Phi) is 19.6. The molecule has 2 aromatic rings. The van der Waals surface area contributed by atoms with E-state index in [1.807, 2.05) is 0 Å². The minimum atomic E-state index is -0.560. The molecule has 1 aliphatic heterocycles. The minimum Gasteiger partial charge on any atom is -0.457 e. The Morgan fingerprint density at radius 1 is 0.446 bits per heavy atom. The largest absolute Gasteiger partial charge is 0.457 e. The summed E-state index contributed by atoms with van der Waals surface area (Å²) < 4.78 is 19.9. The first-order chi connectivity index (χ1) is 24.9. The average Bonchev–Trinajstić information content (AvgIpc) is 3.40. The van der Waals surface area contributed by atoms with Crippen molar-refractivity contribution in [2.45, 2.75) is 147 Å². The van der Waals surface area contributed by atoms with Crippen LogP contribution in [0.2, 0.25) is 0 Å². The Morgan fingerprint density at radius 2 is 0.643 bits per heavy atom. The van der Waals surface area contributed by atoms with Crippen LogP contribution in [0.3, 0.4) is 0 Å². The Balaban J connectivity index is 0.000000829. The van der Waals surface area contributed by atoms with Gasteiger partial charge in [-0.05, 0) is 147 Å². The number of rotatable bonds is 6. The average molecular weight is 822 g/mol. The van der Waals surface area contributed by atoms with Crippen LogP contribution in [-0.4, -0.2) is 53.0 Å². The first-order valence-corrected chi connectivity index (χ1v) is 18.5. The van der Waals surface area contributed by atoms with Crippen molar-refractivity contribution in [2.24, 2.45) is 0 Å². The van der Waals surface area contributed by atoms with Crippen molar-refractivity contribution < 1.29 is 54.6 Å². The molecule has 56 heavy (non-hydrogen) atoms. The summed E-state index contributed by atoms with van der Waals surface area (Å²) >= 11 is 0. The van der Waals surface area contributed by atoms with E-state index in [1.54, 1.807) is 83.1 Å². The molecule has 3 rings (SSSR count). The Morgan fingerprint density at radius 3 is 0.821 bits per heavy atom. The van der Waals surface area contributed by atoms with Crippen LogP contribution in [0.25, 0.3) is 0 Å². The number of ether oxygens (including phenoxy) is 4. The summed E-state index contributed by atoms with van der Waals surface area (Å²) in [5.74, 6) is -2.23. The van der Waals surface area contributed by atoms with Crippen molar-refractivity contribution in [1.29, 1.82) is 0 Å². The van der Waals surface area contributed by atoms with Gasteiger partial charge < -0.3 is 28.7 Å². The van der Waals surface area contributed by atoms with Crippen LogP contribution in [0.4, 0.5) is 11.4 Å². The van der Waals surface area contributed by atoms with E-state index in [0.29, 0.717) is 0 Å². The first kappa shape index (κ1) is 51.6. The summed E-state index contributed by atoms with van der Waals surface area (Å²) in [5, 5.41) is 0. The van der Waals surface area contributed by atoms with Gasteiger partial charge in [-0.2, -0.15) is 0 Å². The van der Waals surface area contributed by atoms with E-state index in [0.717, 1.165) is 31.0 Å². The molecule has 0 radical (unpaired) electrons. The number of anilines is 2. The van der Waals surface area contributed by atoms with Gasteiger partial charge in [0.2, 0.25) is 0 Å². The van der Waals surface area contributed by atoms with E-state index >= 15 is 0 Å². The van der Waals surface area contributed by atoms with Crippen LogP contribution in [0, 0.1) is 41.5 Å². The molecule has 0 N–H and O–H groups in total. The summed E-state index contributed by atoms with van der Waals surface area (Å²) in [7, 11) is 0. The van der Waals surface area contributed by atoms with Gasteiger partial charge in [-0.25, -0.2) is 19.2 Å². The summed E-state index contributed by atoms with van der Waals surface area (Å²) in [4.78, 5) is 49.5. The first-order valence-electron chi connectivity index (χ1n) is 18.5. The maximum absolute atomic E-state index is 11.2. The maximum atomic E-state index is 11.2. The molecule has 10 nitrogen and oxygen atoms in total. The van der Waals surface area contributed by atoms with E-state index in [1.165, 1.54) is 44.8 Å². The summed E-state index contributed by atoms with van der Waals surface area (Å²) in [6, 6.07) is 9.06. The van der Waals surface area contributed by atoms with Gasteiger partial charge in [0.25, 0.3) is 0 Å². The van der Waals surface area contributed by atoms with Crippen molar-refractivity contribution in [3.05, 3.63) is 94.4 Å². The number of benzene rings is 2. The third kappa shape index (κ3) is 21.1. The predicted molar refractivity (Wildman–Crippen MR) is 222 cm³/mol. The third-order valence-corrected chi connectivity index (χ3v) is 6.91. The number of esters is 4. The summed E-state index contributed by atoms with van der Waals surface area (Å²) in [6.45, 7) is 35.1. The molecule has 314 valence electrons. The zero-order valence-corrected chi connectivity index (χ0v) is 37.9. The zero-order chi connectivity index (χ0) is 42.7. The Hall–Kier alpha value is -4.37. The molecule has 0 saturated heterocycles. The van der Waals surface area contributed by atoms with Crippen LogP contribution in [-0.2, 0) is 54.6 Å². The molecule has 1 heterocycles. The van der Waals surface area contributed by atoms with Gasteiger partial charge in [0.1, 0.15) is 22.4 Å². The number of carbonyl (C=O) groups is 4. The molecular formula is C45H66N2NiO8. The Bertz CT molecular complexity index is 1530. The SMILES string of the molecule is CC(C)(C)OC(=O)C=CC(=O)OC(C)(C)C.CC(C)(C)OC(=O)C=CC(=O)OC(C)(C)C.Cc1cc(C)c(N2C=CN(c3c(C)cc(C)cc3C)C2)c(C)c1.[Ni]. The molecule has 0 unspecified atom stereocenters. The Labute approximate surface area is 346 Å². The third-order valence-electron chi connectivity index (χ3n) is 6.91. The summed E-state index contributed by atoms with van der Waals surface area (Å²) in [5.41, 5.74) is 8.43. The van der Waals surface area contributed by atoms with Crippen LogP contribution < -0.4 is 9.80 Å². The van der Waals surface area contributed by atoms with E-state index in [9.17, 15) is 19.2 Å². The summed E-state index contributed by atoms with van der Waals surface area (Å²) in [6.07, 6.45) is 8.67. The number of aryl methyl sites for hydroxylation is 6. The van der Waals surface area contributed by atoms with Crippen molar-refractivity contribution in [1.82, 2.24) is 0 Å². The van der Waals surface area contributed by atoms with Gasteiger partial charge in [-0.15, -0.1) is 0 Å². The van der Waals surface area contributed by atoms with Gasteiger partial charge in [-0.1, -0.05) is 35.4 Å². The van der Waals surface area contributed by atoms with E-state index in [-0.39, 0.29) is 16.5 Å². The number of carbonyl (C=O) groups excluding carboxylic acids is 4. The monoisotopic (exact) mass is 820 g/mol. The maximum Gasteiger partial charge on any atom is 0.331 e. The molecule has 0 aromatic heterocycles. The van der Waals surface area contributed by atoms with Crippen molar-refractivity contribution in [3.63, 3.8) is 0 Å². The quantitative estimate of drug-likeness (QED) is 0.121. The topological polar surface area (TPSA) is 112 Å².